The average molecular weight is 169 g/mol. The second-order valence-corrected chi connectivity index (χ2v) is 3.48. The Morgan fingerprint density at radius 2 is 2.00 bits per heavy atom. The quantitative estimate of drug-likeness (QED) is 0.475. The smallest absolute Gasteiger partial charge is 0.303 e. The Morgan fingerprint density at radius 1 is 1.40 bits per heavy atom. The van der Waals surface area contributed by atoms with Crippen LogP contribution in [-0.2, 0) is 10.2 Å². The molecule has 0 heterocycles. The summed E-state index contributed by atoms with van der Waals surface area (Å²) >= 11 is 0. The summed E-state index contributed by atoms with van der Waals surface area (Å²) < 4.78 is 31.5. The molecule has 0 spiro atoms. The van der Waals surface area contributed by atoms with Gasteiger partial charge >= 0.3 is 10.2 Å². The lowest BCUT2D eigenvalue weighted by Crippen LogP contribution is -2.21. The molecule has 0 saturated heterocycles. The predicted octanol–water partition coefficient (Wildman–Crippen LogP) is 0.285. The summed E-state index contributed by atoms with van der Waals surface area (Å²) in [4.78, 5) is 0. The van der Waals surface area contributed by atoms with Crippen LogP contribution in [0.4, 0.5) is 3.89 Å². The van der Waals surface area contributed by atoms with E-state index < -0.39 is 16.0 Å². The van der Waals surface area contributed by atoms with Crippen molar-refractivity contribution in [3.8, 4) is 0 Å². The zero-order valence-electron chi connectivity index (χ0n) is 5.93. The number of hydrogen-bond donors (Lipinski definition) is 1. The van der Waals surface area contributed by atoms with E-state index in [0.29, 0.717) is 0 Å². The molecule has 0 aromatic heterocycles. The van der Waals surface area contributed by atoms with Crippen LogP contribution in [0.1, 0.15) is 13.3 Å². The predicted molar refractivity (Wildman–Crippen MR) is 38.1 cm³/mol. The normalized spacial score (nSPS) is 11.8. The lowest BCUT2D eigenvalue weighted by Gasteiger charge is -1.97. The van der Waals surface area contributed by atoms with Crippen LogP contribution < -0.4 is 5.32 Å². The molecule has 0 aliphatic heterocycles. The largest absolute Gasteiger partial charge is 0.316 e. The lowest BCUT2D eigenvalue weighted by molar-refractivity contribution is 0.547. The maximum absolute atomic E-state index is 11.7. The van der Waals surface area contributed by atoms with E-state index in [1.807, 2.05) is 6.92 Å². The monoisotopic (exact) mass is 169 g/mol. The number of rotatable bonds is 5. The van der Waals surface area contributed by atoms with Crippen LogP contribution in [0.3, 0.4) is 0 Å². The van der Waals surface area contributed by atoms with Gasteiger partial charge in [0.05, 0.1) is 5.75 Å². The number of hydrogen-bond acceptors (Lipinski definition) is 3. The molecule has 3 nitrogen and oxygen atoms in total. The van der Waals surface area contributed by atoms with Gasteiger partial charge in [-0.05, 0) is 13.0 Å². The number of halogens is 1. The fourth-order valence-corrected chi connectivity index (χ4v) is 0.884. The standard InChI is InChI=1S/C5H12FNO2S/c1-2-3-7-4-5-10(6,8)9/h7H,2-5H2,1H3. The van der Waals surface area contributed by atoms with E-state index in [4.69, 9.17) is 0 Å². The molecule has 62 valence electrons. The molecule has 5 heteroatoms. The Hall–Kier alpha value is -0.160. The van der Waals surface area contributed by atoms with Gasteiger partial charge in [0, 0.05) is 6.54 Å². The van der Waals surface area contributed by atoms with Gasteiger partial charge in [0.1, 0.15) is 0 Å². The minimum Gasteiger partial charge on any atom is -0.316 e. The first-order valence-electron chi connectivity index (χ1n) is 3.19. The van der Waals surface area contributed by atoms with Crippen LogP contribution in [0.5, 0.6) is 0 Å². The number of nitrogens with one attached hydrogen (secondary N) is 1. The van der Waals surface area contributed by atoms with Gasteiger partial charge in [-0.15, -0.1) is 3.89 Å². The summed E-state index contributed by atoms with van der Waals surface area (Å²) in [5, 5.41) is 2.77. The Labute approximate surface area is 60.8 Å². The van der Waals surface area contributed by atoms with Gasteiger partial charge in [0.15, 0.2) is 0 Å². The van der Waals surface area contributed by atoms with Gasteiger partial charge in [-0.3, -0.25) is 0 Å². The van der Waals surface area contributed by atoms with Crippen LogP contribution in [0.2, 0.25) is 0 Å². The maximum atomic E-state index is 11.7. The molecule has 0 aromatic carbocycles. The maximum Gasteiger partial charge on any atom is 0.303 e. The molecule has 1 N–H and O–H groups in total. The van der Waals surface area contributed by atoms with E-state index in [0.717, 1.165) is 13.0 Å². The lowest BCUT2D eigenvalue weighted by atomic mass is 10.5. The fraction of sp³-hybridized carbons (Fsp3) is 1.00. The Bertz CT molecular complexity index is 166. The van der Waals surface area contributed by atoms with Crippen LogP contribution in [0, 0.1) is 0 Å². The summed E-state index contributed by atoms with van der Waals surface area (Å²) in [6, 6.07) is 0. The van der Waals surface area contributed by atoms with Gasteiger partial charge < -0.3 is 5.32 Å². The molecule has 0 fully saturated rings. The molecule has 0 rings (SSSR count). The van der Waals surface area contributed by atoms with Crippen LogP contribution in [-0.4, -0.2) is 27.3 Å². The summed E-state index contributed by atoms with van der Waals surface area (Å²) in [5.74, 6) is -0.424. The second-order valence-electron chi connectivity index (χ2n) is 1.99. The van der Waals surface area contributed by atoms with Crippen LogP contribution in [0.25, 0.3) is 0 Å². The molecule has 0 atom stereocenters. The van der Waals surface area contributed by atoms with Crippen molar-refractivity contribution >= 4 is 10.2 Å². The minimum absolute atomic E-state index is 0.201. The SMILES string of the molecule is CCCNCCS(=O)(=O)F. The molecule has 0 radical (unpaired) electrons. The van der Waals surface area contributed by atoms with Gasteiger partial charge in [0.25, 0.3) is 0 Å². The van der Waals surface area contributed by atoms with E-state index >= 15 is 0 Å². The third-order valence-corrected chi connectivity index (χ3v) is 1.64. The van der Waals surface area contributed by atoms with Crippen molar-refractivity contribution in [1.29, 1.82) is 0 Å². The van der Waals surface area contributed by atoms with Crippen molar-refractivity contribution in [2.75, 3.05) is 18.8 Å². The van der Waals surface area contributed by atoms with Gasteiger partial charge in [-0.25, -0.2) is 0 Å². The topological polar surface area (TPSA) is 46.2 Å². The summed E-state index contributed by atoms with van der Waals surface area (Å²) in [6.45, 7) is 2.89. The van der Waals surface area contributed by atoms with Gasteiger partial charge in [-0.1, -0.05) is 6.92 Å². The second kappa shape index (κ2) is 4.62. The highest BCUT2D eigenvalue weighted by Crippen LogP contribution is 1.87. The van der Waals surface area contributed by atoms with Gasteiger partial charge in [0.2, 0.25) is 0 Å². The molecule has 0 amide bonds. The molecule has 0 bridgehead atoms. The molecular formula is C5H12FNO2S. The van der Waals surface area contributed by atoms with E-state index in [9.17, 15) is 12.3 Å². The minimum atomic E-state index is -4.27. The molecule has 0 aliphatic rings. The summed E-state index contributed by atoms with van der Waals surface area (Å²) in [6.07, 6.45) is 0.923. The van der Waals surface area contributed by atoms with Crippen molar-refractivity contribution < 1.29 is 12.3 Å². The highest BCUT2D eigenvalue weighted by molar-refractivity contribution is 7.86. The van der Waals surface area contributed by atoms with Crippen molar-refractivity contribution in [1.82, 2.24) is 5.32 Å². The fourth-order valence-electron chi connectivity index (χ4n) is 0.496. The first-order valence-corrected chi connectivity index (χ1v) is 4.74. The molecule has 0 aliphatic carbocycles. The molecule has 10 heavy (non-hydrogen) atoms. The van der Waals surface area contributed by atoms with Crippen molar-refractivity contribution in [3.05, 3.63) is 0 Å². The van der Waals surface area contributed by atoms with Crippen LogP contribution >= 0.6 is 0 Å². The van der Waals surface area contributed by atoms with Crippen molar-refractivity contribution in [2.24, 2.45) is 0 Å². The third kappa shape index (κ3) is 7.84. The molecule has 0 unspecified atom stereocenters. The van der Waals surface area contributed by atoms with Crippen LogP contribution in [0.15, 0.2) is 0 Å². The zero-order chi connectivity index (χ0) is 8.04. The molecule has 0 saturated carbocycles. The van der Waals surface area contributed by atoms with Crippen molar-refractivity contribution in [3.63, 3.8) is 0 Å². The summed E-state index contributed by atoms with van der Waals surface area (Å²) in [7, 11) is -4.27. The van der Waals surface area contributed by atoms with Gasteiger partial charge in [-0.2, -0.15) is 8.42 Å². The first kappa shape index (κ1) is 9.84. The zero-order valence-corrected chi connectivity index (χ0v) is 6.75. The Kier molecular flexibility index (Phi) is 4.55. The van der Waals surface area contributed by atoms with Crippen molar-refractivity contribution in [2.45, 2.75) is 13.3 Å². The molecule has 0 aromatic rings. The Morgan fingerprint density at radius 3 is 2.40 bits per heavy atom. The third-order valence-electron chi connectivity index (χ3n) is 0.949. The first-order chi connectivity index (χ1) is 4.56. The van der Waals surface area contributed by atoms with E-state index in [2.05, 4.69) is 5.32 Å². The highest BCUT2D eigenvalue weighted by atomic mass is 32.3. The van der Waals surface area contributed by atoms with E-state index in [1.165, 1.54) is 0 Å². The van der Waals surface area contributed by atoms with E-state index in [-0.39, 0.29) is 6.54 Å². The molecular weight excluding hydrogens is 157 g/mol. The summed E-state index contributed by atoms with van der Waals surface area (Å²) in [5.41, 5.74) is 0. The highest BCUT2D eigenvalue weighted by Gasteiger charge is 2.04. The average Bonchev–Trinajstić information content (AvgIpc) is 1.78. The Balaban J connectivity index is 3.21. The van der Waals surface area contributed by atoms with E-state index in [1.54, 1.807) is 0 Å².